The number of rotatable bonds is 5. The van der Waals surface area contributed by atoms with Crippen LogP contribution in [0.25, 0.3) is 0 Å². The van der Waals surface area contributed by atoms with Gasteiger partial charge in [-0.05, 0) is 42.3 Å². The number of aromatic nitrogens is 1. The Morgan fingerprint density at radius 3 is 2.30 bits per heavy atom. The van der Waals surface area contributed by atoms with E-state index in [0.29, 0.717) is 6.54 Å². The summed E-state index contributed by atoms with van der Waals surface area (Å²) in [5.41, 5.74) is 2.27. The highest BCUT2D eigenvalue weighted by molar-refractivity contribution is 6.03. The summed E-state index contributed by atoms with van der Waals surface area (Å²) in [4.78, 5) is 28.7. The first kappa shape index (κ1) is 18.3. The number of carbonyl (C=O) groups excluding carboxylic acids is 2. The molecule has 2 amide bonds. The number of aryl methyl sites for hydroxylation is 1. The summed E-state index contributed by atoms with van der Waals surface area (Å²) < 4.78 is 13.7. The van der Waals surface area contributed by atoms with Crippen LogP contribution in [-0.4, -0.2) is 16.8 Å². The van der Waals surface area contributed by atoms with E-state index in [0.717, 1.165) is 11.1 Å². The Morgan fingerprint density at radius 1 is 0.889 bits per heavy atom. The van der Waals surface area contributed by atoms with Crippen LogP contribution in [0.5, 0.6) is 0 Å². The minimum atomic E-state index is -0.589. The topological polar surface area (TPSA) is 71.1 Å². The number of nitrogens with zero attached hydrogens (tertiary/aromatic N) is 1. The van der Waals surface area contributed by atoms with Crippen molar-refractivity contribution in [3.05, 3.63) is 95.1 Å². The molecular weight excluding hydrogens is 345 g/mol. The molecule has 0 unspecified atom stereocenters. The third kappa shape index (κ3) is 4.55. The summed E-state index contributed by atoms with van der Waals surface area (Å²) in [5.74, 6) is -1.52. The Bertz CT molecular complexity index is 988. The summed E-state index contributed by atoms with van der Waals surface area (Å²) in [6.45, 7) is 2.33. The predicted octanol–water partition coefficient (Wildman–Crippen LogP) is 3.71. The van der Waals surface area contributed by atoms with Crippen molar-refractivity contribution in [2.45, 2.75) is 13.5 Å². The largest absolute Gasteiger partial charge is 0.347 e. The Morgan fingerprint density at radius 2 is 1.56 bits per heavy atom. The van der Waals surface area contributed by atoms with Gasteiger partial charge in [0.1, 0.15) is 17.2 Å². The van der Waals surface area contributed by atoms with Crippen LogP contribution in [0.15, 0.2) is 66.7 Å². The molecule has 0 radical (unpaired) electrons. The van der Waals surface area contributed by atoms with Crippen molar-refractivity contribution in [3.8, 4) is 0 Å². The van der Waals surface area contributed by atoms with Gasteiger partial charge in [-0.1, -0.05) is 42.5 Å². The summed E-state index contributed by atoms with van der Waals surface area (Å²) in [7, 11) is 0. The predicted molar refractivity (Wildman–Crippen MR) is 101 cm³/mol. The van der Waals surface area contributed by atoms with Crippen molar-refractivity contribution in [1.82, 2.24) is 10.3 Å². The van der Waals surface area contributed by atoms with Crippen molar-refractivity contribution in [2.75, 3.05) is 5.32 Å². The van der Waals surface area contributed by atoms with E-state index >= 15 is 0 Å². The minimum absolute atomic E-state index is 0.0294. The van der Waals surface area contributed by atoms with Crippen molar-refractivity contribution >= 4 is 17.5 Å². The first-order chi connectivity index (χ1) is 13.0. The molecule has 6 heteroatoms. The number of nitrogens with one attached hydrogen (secondary N) is 2. The quantitative estimate of drug-likeness (QED) is 0.726. The molecule has 0 bridgehead atoms. The van der Waals surface area contributed by atoms with Crippen LogP contribution in [0.2, 0.25) is 0 Å². The van der Waals surface area contributed by atoms with Gasteiger partial charge in [0.2, 0.25) is 0 Å². The van der Waals surface area contributed by atoms with E-state index in [4.69, 9.17) is 0 Å². The van der Waals surface area contributed by atoms with E-state index in [2.05, 4.69) is 15.6 Å². The maximum atomic E-state index is 13.7. The van der Waals surface area contributed by atoms with Crippen LogP contribution in [0.3, 0.4) is 0 Å². The van der Waals surface area contributed by atoms with Gasteiger partial charge in [-0.25, -0.2) is 9.37 Å². The van der Waals surface area contributed by atoms with Crippen LogP contribution in [0.4, 0.5) is 10.1 Å². The fraction of sp³-hybridized carbons (Fsp3) is 0.0952. The van der Waals surface area contributed by atoms with Gasteiger partial charge in [-0.15, -0.1) is 0 Å². The van der Waals surface area contributed by atoms with E-state index in [9.17, 15) is 14.0 Å². The molecule has 0 aliphatic rings. The van der Waals surface area contributed by atoms with Gasteiger partial charge in [0.25, 0.3) is 11.8 Å². The standard InChI is InChI=1S/C21H18FN3O2/c1-14-7-2-3-8-15(14)13-23-20(26)18-11-6-12-19(24-18)21(27)25-17-10-5-4-9-16(17)22/h2-12H,13H2,1H3,(H,23,26)(H,25,27). The fourth-order valence-electron chi connectivity index (χ4n) is 2.51. The second kappa shape index (κ2) is 8.23. The molecular formula is C21H18FN3O2. The monoisotopic (exact) mass is 363 g/mol. The van der Waals surface area contributed by atoms with Gasteiger partial charge in [-0.3, -0.25) is 9.59 Å². The average molecular weight is 363 g/mol. The second-order valence-electron chi connectivity index (χ2n) is 5.95. The number of para-hydroxylation sites is 1. The fourth-order valence-corrected chi connectivity index (χ4v) is 2.51. The summed E-state index contributed by atoms with van der Waals surface area (Å²) in [5, 5.41) is 5.24. The van der Waals surface area contributed by atoms with Crippen molar-refractivity contribution in [1.29, 1.82) is 0 Å². The molecule has 3 rings (SSSR count). The van der Waals surface area contributed by atoms with Gasteiger partial charge < -0.3 is 10.6 Å². The number of anilines is 1. The smallest absolute Gasteiger partial charge is 0.274 e. The van der Waals surface area contributed by atoms with Crippen LogP contribution < -0.4 is 10.6 Å². The molecule has 27 heavy (non-hydrogen) atoms. The van der Waals surface area contributed by atoms with Gasteiger partial charge in [-0.2, -0.15) is 0 Å². The highest BCUT2D eigenvalue weighted by atomic mass is 19.1. The van der Waals surface area contributed by atoms with Gasteiger partial charge >= 0.3 is 0 Å². The van der Waals surface area contributed by atoms with Crippen LogP contribution in [0.1, 0.15) is 32.1 Å². The first-order valence-corrected chi connectivity index (χ1v) is 8.40. The average Bonchev–Trinajstić information content (AvgIpc) is 2.69. The molecule has 1 heterocycles. The SMILES string of the molecule is Cc1ccccc1CNC(=O)c1cccc(C(=O)Nc2ccccc2F)n1. The maximum Gasteiger partial charge on any atom is 0.274 e. The van der Waals surface area contributed by atoms with E-state index in [1.807, 2.05) is 31.2 Å². The maximum absolute atomic E-state index is 13.7. The lowest BCUT2D eigenvalue weighted by Crippen LogP contribution is -2.25. The van der Waals surface area contributed by atoms with E-state index in [-0.39, 0.29) is 17.1 Å². The molecule has 2 N–H and O–H groups in total. The second-order valence-corrected chi connectivity index (χ2v) is 5.95. The van der Waals surface area contributed by atoms with Crippen LogP contribution in [0, 0.1) is 12.7 Å². The van der Waals surface area contributed by atoms with Gasteiger partial charge in [0.15, 0.2) is 0 Å². The molecule has 0 saturated heterocycles. The normalized spacial score (nSPS) is 10.3. The molecule has 0 fully saturated rings. The third-order valence-electron chi connectivity index (χ3n) is 4.04. The lowest BCUT2D eigenvalue weighted by molar-refractivity contribution is 0.0945. The Labute approximate surface area is 156 Å². The highest BCUT2D eigenvalue weighted by Crippen LogP contribution is 2.14. The summed E-state index contributed by atoms with van der Waals surface area (Å²) in [6.07, 6.45) is 0. The van der Waals surface area contributed by atoms with Gasteiger partial charge in [0, 0.05) is 6.54 Å². The lowest BCUT2D eigenvalue weighted by Gasteiger charge is -2.09. The summed E-state index contributed by atoms with van der Waals surface area (Å²) >= 11 is 0. The van der Waals surface area contributed by atoms with Crippen LogP contribution in [-0.2, 0) is 6.54 Å². The van der Waals surface area contributed by atoms with Crippen LogP contribution >= 0.6 is 0 Å². The number of hydrogen-bond donors (Lipinski definition) is 2. The number of carbonyl (C=O) groups is 2. The number of amides is 2. The molecule has 5 nitrogen and oxygen atoms in total. The lowest BCUT2D eigenvalue weighted by atomic mass is 10.1. The molecule has 136 valence electrons. The Hall–Kier alpha value is -3.54. The molecule has 1 aromatic heterocycles. The molecule has 0 aliphatic heterocycles. The third-order valence-corrected chi connectivity index (χ3v) is 4.04. The number of hydrogen-bond acceptors (Lipinski definition) is 3. The van der Waals surface area contributed by atoms with E-state index in [1.54, 1.807) is 12.1 Å². The summed E-state index contributed by atoms with van der Waals surface area (Å²) in [6, 6.07) is 18.1. The molecule has 0 spiro atoms. The van der Waals surface area contributed by atoms with Crippen molar-refractivity contribution < 1.29 is 14.0 Å². The Balaban J connectivity index is 1.69. The van der Waals surface area contributed by atoms with E-state index in [1.165, 1.54) is 30.3 Å². The molecule has 0 aliphatic carbocycles. The highest BCUT2D eigenvalue weighted by Gasteiger charge is 2.14. The zero-order valence-corrected chi connectivity index (χ0v) is 14.7. The number of halogens is 1. The number of benzene rings is 2. The van der Waals surface area contributed by atoms with Crippen molar-refractivity contribution in [2.24, 2.45) is 0 Å². The zero-order valence-electron chi connectivity index (χ0n) is 14.7. The van der Waals surface area contributed by atoms with Gasteiger partial charge in [0.05, 0.1) is 5.69 Å². The molecule has 0 atom stereocenters. The molecule has 3 aromatic rings. The molecule has 2 aromatic carbocycles. The zero-order chi connectivity index (χ0) is 19.2. The molecule has 0 saturated carbocycles. The Kier molecular flexibility index (Phi) is 5.56. The van der Waals surface area contributed by atoms with E-state index < -0.39 is 17.6 Å². The van der Waals surface area contributed by atoms with Crippen molar-refractivity contribution in [3.63, 3.8) is 0 Å². The minimum Gasteiger partial charge on any atom is -0.347 e. The number of pyridine rings is 1. The first-order valence-electron chi connectivity index (χ1n) is 8.40.